The smallest absolute Gasteiger partial charge is 0.344 e. The van der Waals surface area contributed by atoms with Crippen LogP contribution in [0.1, 0.15) is 32.1 Å². The lowest BCUT2D eigenvalue weighted by Crippen LogP contribution is -2.34. The van der Waals surface area contributed by atoms with Crippen molar-refractivity contribution in [3.8, 4) is 5.75 Å². The Morgan fingerprint density at radius 1 is 1.05 bits per heavy atom. The zero-order chi connectivity index (χ0) is 15.6. The summed E-state index contributed by atoms with van der Waals surface area (Å²) < 4.78 is 10.1. The van der Waals surface area contributed by atoms with E-state index in [0.29, 0.717) is 18.2 Å². The molecule has 0 aromatic heterocycles. The molecule has 1 aromatic carbocycles. The fourth-order valence-corrected chi connectivity index (χ4v) is 2.55. The Morgan fingerprint density at radius 3 is 2.50 bits per heavy atom. The van der Waals surface area contributed by atoms with Crippen molar-refractivity contribution in [1.82, 2.24) is 5.32 Å². The van der Waals surface area contributed by atoms with Crippen molar-refractivity contribution in [2.45, 2.75) is 32.1 Å². The van der Waals surface area contributed by atoms with E-state index >= 15 is 0 Å². The molecular formula is C17H23NO4. The van der Waals surface area contributed by atoms with Crippen molar-refractivity contribution in [3.63, 3.8) is 0 Å². The molecule has 1 saturated carbocycles. The topological polar surface area (TPSA) is 64.6 Å². The predicted octanol–water partition coefficient (Wildman–Crippen LogP) is 2.31. The zero-order valence-corrected chi connectivity index (χ0v) is 12.8. The second-order valence-electron chi connectivity index (χ2n) is 5.57. The summed E-state index contributed by atoms with van der Waals surface area (Å²) in [5.41, 5.74) is 0. The lowest BCUT2D eigenvalue weighted by atomic mass is 9.89. The van der Waals surface area contributed by atoms with Gasteiger partial charge in [-0.05, 0) is 30.9 Å². The Kier molecular flexibility index (Phi) is 6.74. The molecule has 1 aliphatic carbocycles. The van der Waals surface area contributed by atoms with E-state index in [2.05, 4.69) is 5.32 Å². The van der Waals surface area contributed by atoms with E-state index in [1.807, 2.05) is 18.2 Å². The fraction of sp³-hybridized carbons (Fsp3) is 0.529. The number of amides is 1. The number of hydrogen-bond donors (Lipinski definition) is 1. The third-order valence-corrected chi connectivity index (χ3v) is 3.78. The van der Waals surface area contributed by atoms with Crippen LogP contribution in [0.2, 0.25) is 0 Å². The fourth-order valence-electron chi connectivity index (χ4n) is 2.55. The van der Waals surface area contributed by atoms with Gasteiger partial charge in [-0.25, -0.2) is 4.79 Å². The van der Waals surface area contributed by atoms with Crippen LogP contribution in [-0.2, 0) is 14.3 Å². The molecule has 1 aromatic rings. The van der Waals surface area contributed by atoms with E-state index in [1.165, 1.54) is 32.1 Å². The summed E-state index contributed by atoms with van der Waals surface area (Å²) in [4.78, 5) is 23.1. The number of para-hydroxylation sites is 1. The molecule has 0 aliphatic heterocycles. The summed E-state index contributed by atoms with van der Waals surface area (Å²) >= 11 is 0. The van der Waals surface area contributed by atoms with Crippen molar-refractivity contribution < 1.29 is 19.1 Å². The van der Waals surface area contributed by atoms with Crippen LogP contribution in [0.15, 0.2) is 30.3 Å². The third kappa shape index (κ3) is 6.16. The highest BCUT2D eigenvalue weighted by atomic mass is 16.6. The number of carbonyl (C=O) groups is 2. The summed E-state index contributed by atoms with van der Waals surface area (Å²) in [6.07, 6.45) is 6.12. The lowest BCUT2D eigenvalue weighted by molar-refractivity contribution is -0.150. The van der Waals surface area contributed by atoms with Gasteiger partial charge < -0.3 is 14.8 Å². The maximum absolute atomic E-state index is 11.6. The maximum Gasteiger partial charge on any atom is 0.344 e. The molecule has 1 aliphatic rings. The molecule has 1 amide bonds. The molecule has 120 valence electrons. The number of benzene rings is 1. The van der Waals surface area contributed by atoms with Crippen LogP contribution in [0.5, 0.6) is 5.75 Å². The van der Waals surface area contributed by atoms with Crippen LogP contribution in [-0.4, -0.2) is 31.6 Å². The number of nitrogens with one attached hydrogen (secondary N) is 1. The van der Waals surface area contributed by atoms with Crippen molar-refractivity contribution in [2.24, 2.45) is 5.92 Å². The van der Waals surface area contributed by atoms with Gasteiger partial charge in [0, 0.05) is 6.54 Å². The molecule has 0 spiro atoms. The van der Waals surface area contributed by atoms with Crippen LogP contribution in [0.25, 0.3) is 0 Å². The highest BCUT2D eigenvalue weighted by molar-refractivity contribution is 5.80. The molecule has 0 radical (unpaired) electrons. The molecule has 0 heterocycles. The molecule has 5 nitrogen and oxygen atoms in total. The Morgan fingerprint density at radius 2 is 1.77 bits per heavy atom. The molecule has 5 heteroatoms. The monoisotopic (exact) mass is 305 g/mol. The first-order chi connectivity index (χ1) is 10.7. The van der Waals surface area contributed by atoms with Gasteiger partial charge in [-0.2, -0.15) is 0 Å². The van der Waals surface area contributed by atoms with Crippen molar-refractivity contribution >= 4 is 11.9 Å². The highest BCUT2D eigenvalue weighted by Crippen LogP contribution is 2.22. The van der Waals surface area contributed by atoms with Gasteiger partial charge in [-0.1, -0.05) is 37.5 Å². The van der Waals surface area contributed by atoms with E-state index in [9.17, 15) is 9.59 Å². The summed E-state index contributed by atoms with van der Waals surface area (Å²) in [5.74, 6) is 0.367. The van der Waals surface area contributed by atoms with Crippen molar-refractivity contribution in [1.29, 1.82) is 0 Å². The molecular weight excluding hydrogens is 282 g/mol. The average Bonchev–Trinajstić information content (AvgIpc) is 2.58. The molecule has 0 saturated heterocycles. The number of rotatable bonds is 7. The van der Waals surface area contributed by atoms with Gasteiger partial charge in [0.1, 0.15) is 5.75 Å². The van der Waals surface area contributed by atoms with E-state index < -0.39 is 5.97 Å². The Hall–Kier alpha value is -2.04. The lowest BCUT2D eigenvalue weighted by Gasteiger charge is -2.21. The van der Waals surface area contributed by atoms with Gasteiger partial charge >= 0.3 is 5.97 Å². The Bertz CT molecular complexity index is 469. The van der Waals surface area contributed by atoms with Gasteiger partial charge in [0.2, 0.25) is 0 Å². The largest absolute Gasteiger partial charge is 0.482 e. The summed E-state index contributed by atoms with van der Waals surface area (Å²) in [6.45, 7) is 0.237. The van der Waals surface area contributed by atoms with Gasteiger partial charge in [0.25, 0.3) is 5.91 Å². The first-order valence-electron chi connectivity index (χ1n) is 7.84. The molecule has 1 fully saturated rings. The maximum atomic E-state index is 11.6. The number of ether oxygens (including phenoxy) is 2. The van der Waals surface area contributed by atoms with E-state index in [-0.39, 0.29) is 19.1 Å². The normalized spacial score (nSPS) is 15.1. The van der Waals surface area contributed by atoms with E-state index in [1.54, 1.807) is 12.1 Å². The van der Waals surface area contributed by atoms with Gasteiger partial charge in [-0.3, -0.25) is 4.79 Å². The minimum atomic E-state index is -0.545. The van der Waals surface area contributed by atoms with Gasteiger partial charge in [-0.15, -0.1) is 0 Å². The quantitative estimate of drug-likeness (QED) is 0.785. The van der Waals surface area contributed by atoms with Gasteiger partial charge in [0.05, 0.1) is 0 Å². The molecule has 0 bridgehead atoms. The molecule has 2 rings (SSSR count). The number of esters is 1. The van der Waals surface area contributed by atoms with Crippen LogP contribution >= 0.6 is 0 Å². The number of hydrogen-bond acceptors (Lipinski definition) is 4. The summed E-state index contributed by atoms with van der Waals surface area (Å²) in [7, 11) is 0. The second kappa shape index (κ2) is 9.07. The third-order valence-electron chi connectivity index (χ3n) is 3.78. The van der Waals surface area contributed by atoms with Crippen LogP contribution in [0.4, 0.5) is 0 Å². The first-order valence-corrected chi connectivity index (χ1v) is 7.84. The Labute approximate surface area is 131 Å². The standard InChI is InChI=1S/C17H23NO4/c19-16(18-11-14-7-3-1-4-8-14)12-22-17(20)13-21-15-9-5-2-6-10-15/h2,5-6,9-10,14H,1,3-4,7-8,11-13H2,(H,18,19). The second-order valence-corrected chi connectivity index (χ2v) is 5.57. The molecule has 0 unspecified atom stereocenters. The highest BCUT2D eigenvalue weighted by Gasteiger charge is 2.15. The first kappa shape index (κ1) is 16.3. The minimum Gasteiger partial charge on any atom is -0.482 e. The molecule has 0 atom stereocenters. The minimum absolute atomic E-state index is 0.195. The average molecular weight is 305 g/mol. The van der Waals surface area contributed by atoms with Crippen LogP contribution in [0, 0.1) is 5.92 Å². The SMILES string of the molecule is O=C(COC(=O)COc1ccccc1)NCC1CCCCC1. The molecule has 22 heavy (non-hydrogen) atoms. The van der Waals surface area contributed by atoms with Crippen molar-refractivity contribution in [2.75, 3.05) is 19.8 Å². The van der Waals surface area contributed by atoms with E-state index in [4.69, 9.17) is 9.47 Å². The predicted molar refractivity (Wildman–Crippen MR) is 82.5 cm³/mol. The summed E-state index contributed by atoms with van der Waals surface area (Å²) in [6, 6.07) is 9.01. The summed E-state index contributed by atoms with van der Waals surface area (Å²) in [5, 5.41) is 2.82. The van der Waals surface area contributed by atoms with Crippen LogP contribution in [0.3, 0.4) is 0 Å². The van der Waals surface area contributed by atoms with Gasteiger partial charge in [0.15, 0.2) is 13.2 Å². The molecule has 1 N–H and O–H groups in total. The van der Waals surface area contributed by atoms with Crippen LogP contribution < -0.4 is 10.1 Å². The Balaban J connectivity index is 1.56. The van der Waals surface area contributed by atoms with E-state index in [0.717, 1.165) is 0 Å². The number of carbonyl (C=O) groups excluding carboxylic acids is 2. The zero-order valence-electron chi connectivity index (χ0n) is 12.8. The van der Waals surface area contributed by atoms with Crippen molar-refractivity contribution in [3.05, 3.63) is 30.3 Å².